The Balaban J connectivity index is 0.000000921. The van der Waals surface area contributed by atoms with Crippen LogP contribution in [0, 0.1) is 6.92 Å². The third-order valence-corrected chi connectivity index (χ3v) is 1.75. The Morgan fingerprint density at radius 1 is 1.40 bits per heavy atom. The number of benzene rings is 1. The molecule has 1 aromatic rings. The van der Waals surface area contributed by atoms with Gasteiger partial charge < -0.3 is 5.11 Å². The summed E-state index contributed by atoms with van der Waals surface area (Å²) < 4.78 is 0. The number of rotatable bonds is 3. The normalized spacial score (nSPS) is 9.07. The van der Waals surface area contributed by atoms with Gasteiger partial charge in [0.05, 0.1) is 12.7 Å². The fraction of sp³-hybridized carbons (Fsp3) is 0.364. The number of carboxylic acids is 1. The van der Waals surface area contributed by atoms with Crippen molar-refractivity contribution in [3.8, 4) is 0 Å². The molecule has 1 aromatic carbocycles. The maximum Gasteiger partial charge on any atom is 0.336 e. The van der Waals surface area contributed by atoms with Crippen LogP contribution in [0.5, 0.6) is 0 Å². The van der Waals surface area contributed by atoms with Crippen LogP contribution in [0.15, 0.2) is 18.2 Å². The molecule has 0 saturated carbocycles. The first kappa shape index (κ1) is 13.6. The summed E-state index contributed by atoms with van der Waals surface area (Å²) in [5, 5.41) is 8.80. The van der Waals surface area contributed by atoms with Crippen molar-refractivity contribution in [1.82, 2.24) is 0 Å². The summed E-state index contributed by atoms with van der Waals surface area (Å²) >= 11 is 0. The van der Waals surface area contributed by atoms with Crippen LogP contribution in [0.4, 0.5) is 5.69 Å². The van der Waals surface area contributed by atoms with Crippen molar-refractivity contribution in [2.45, 2.75) is 20.8 Å². The molecule has 0 aliphatic rings. The van der Waals surface area contributed by atoms with Crippen LogP contribution in [0.25, 0.3) is 0 Å². The van der Waals surface area contributed by atoms with Crippen molar-refractivity contribution in [3.05, 3.63) is 29.3 Å². The molecule has 0 aromatic heterocycles. The molecule has 0 bridgehead atoms. The van der Waals surface area contributed by atoms with Gasteiger partial charge in [0.1, 0.15) is 0 Å². The number of carboxylic acid groups (broad SMARTS) is 1. The lowest BCUT2D eigenvalue weighted by molar-refractivity contribution is -0.830. The van der Waals surface area contributed by atoms with E-state index < -0.39 is 5.97 Å². The van der Waals surface area contributed by atoms with Crippen molar-refractivity contribution in [1.29, 1.82) is 0 Å². The SMILES string of the molecule is CC.CO[NH2+]c1ccc(C)c(C(=O)O)c1. The smallest absolute Gasteiger partial charge is 0.336 e. The number of nitrogens with two attached hydrogens (primary N) is 1. The number of quaternary nitrogens is 1. The monoisotopic (exact) mass is 212 g/mol. The van der Waals surface area contributed by atoms with E-state index in [1.807, 2.05) is 19.9 Å². The van der Waals surface area contributed by atoms with E-state index in [9.17, 15) is 4.79 Å². The lowest BCUT2D eigenvalue weighted by Gasteiger charge is -2.01. The highest BCUT2D eigenvalue weighted by molar-refractivity contribution is 5.90. The highest BCUT2D eigenvalue weighted by Crippen LogP contribution is 2.11. The minimum Gasteiger partial charge on any atom is -0.478 e. The van der Waals surface area contributed by atoms with Gasteiger partial charge in [0.25, 0.3) is 0 Å². The predicted octanol–water partition coefficient (Wildman–Crippen LogP) is 1.48. The zero-order valence-corrected chi connectivity index (χ0v) is 9.57. The molecule has 1 rings (SSSR count). The van der Waals surface area contributed by atoms with Crippen LogP contribution in [-0.2, 0) is 4.84 Å². The molecule has 3 N–H and O–H groups in total. The minimum atomic E-state index is -0.913. The second-order valence-corrected chi connectivity index (χ2v) is 2.73. The van der Waals surface area contributed by atoms with Gasteiger partial charge in [-0.25, -0.2) is 9.63 Å². The molecular weight excluding hydrogens is 194 g/mol. The third-order valence-electron chi connectivity index (χ3n) is 1.75. The molecule has 15 heavy (non-hydrogen) atoms. The molecule has 0 fully saturated rings. The van der Waals surface area contributed by atoms with E-state index in [1.54, 1.807) is 19.1 Å². The zero-order valence-electron chi connectivity index (χ0n) is 9.57. The van der Waals surface area contributed by atoms with Crippen LogP contribution in [0.3, 0.4) is 0 Å². The standard InChI is InChI=1S/C9H11NO3.C2H6/c1-6-3-4-7(10-13-2)5-8(6)9(11)12;1-2/h3-5,10H,1-2H3,(H,11,12);1-2H3/p+1. The van der Waals surface area contributed by atoms with Gasteiger partial charge in [0.15, 0.2) is 5.69 Å². The zero-order chi connectivity index (χ0) is 11.8. The summed E-state index contributed by atoms with van der Waals surface area (Å²) in [7, 11) is 1.53. The van der Waals surface area contributed by atoms with Crippen molar-refractivity contribution < 1.29 is 20.2 Å². The van der Waals surface area contributed by atoms with Gasteiger partial charge in [0, 0.05) is 12.1 Å². The molecule has 0 unspecified atom stereocenters. The Bertz CT molecular complexity index is 324. The number of carbonyl (C=O) groups is 1. The summed E-state index contributed by atoms with van der Waals surface area (Å²) in [4.78, 5) is 15.5. The maximum atomic E-state index is 10.7. The third kappa shape index (κ3) is 4.10. The van der Waals surface area contributed by atoms with Crippen molar-refractivity contribution in [2.24, 2.45) is 0 Å². The van der Waals surface area contributed by atoms with Crippen LogP contribution >= 0.6 is 0 Å². The van der Waals surface area contributed by atoms with Crippen LogP contribution < -0.4 is 5.48 Å². The fourth-order valence-electron chi connectivity index (χ4n) is 1.08. The molecular formula is C11H18NO3+. The van der Waals surface area contributed by atoms with Gasteiger partial charge in [-0.05, 0) is 12.5 Å². The van der Waals surface area contributed by atoms with Crippen LogP contribution in [0.2, 0.25) is 0 Å². The van der Waals surface area contributed by atoms with Gasteiger partial charge in [-0.2, -0.15) is 5.48 Å². The fourth-order valence-corrected chi connectivity index (χ4v) is 1.08. The average Bonchev–Trinajstić information content (AvgIpc) is 2.24. The van der Waals surface area contributed by atoms with E-state index in [4.69, 9.17) is 9.94 Å². The quantitative estimate of drug-likeness (QED) is 0.589. The number of aromatic carboxylic acids is 1. The summed E-state index contributed by atoms with van der Waals surface area (Å²) in [6.07, 6.45) is 0. The molecule has 0 spiro atoms. The summed E-state index contributed by atoms with van der Waals surface area (Å²) in [5.74, 6) is -0.913. The summed E-state index contributed by atoms with van der Waals surface area (Å²) in [6.45, 7) is 5.76. The number of hydrogen-bond donors (Lipinski definition) is 2. The molecule has 0 radical (unpaired) electrons. The van der Waals surface area contributed by atoms with Gasteiger partial charge in [-0.3, -0.25) is 0 Å². The second-order valence-electron chi connectivity index (χ2n) is 2.73. The Hall–Kier alpha value is -1.39. The molecule has 0 heterocycles. The van der Waals surface area contributed by atoms with Gasteiger partial charge >= 0.3 is 5.97 Å². The van der Waals surface area contributed by atoms with Crippen molar-refractivity contribution in [2.75, 3.05) is 7.11 Å². The largest absolute Gasteiger partial charge is 0.478 e. The first-order chi connectivity index (χ1) is 7.15. The van der Waals surface area contributed by atoms with E-state index in [0.717, 1.165) is 11.3 Å². The molecule has 0 aliphatic heterocycles. The van der Waals surface area contributed by atoms with E-state index in [1.165, 1.54) is 12.6 Å². The molecule has 0 atom stereocenters. The Kier molecular flexibility index (Phi) is 6.33. The van der Waals surface area contributed by atoms with Crippen molar-refractivity contribution in [3.63, 3.8) is 0 Å². The highest BCUT2D eigenvalue weighted by Gasteiger charge is 2.09. The Labute approximate surface area is 89.8 Å². The van der Waals surface area contributed by atoms with E-state index in [2.05, 4.69) is 0 Å². The van der Waals surface area contributed by atoms with Crippen molar-refractivity contribution >= 4 is 11.7 Å². The first-order valence-corrected chi connectivity index (χ1v) is 4.85. The van der Waals surface area contributed by atoms with E-state index >= 15 is 0 Å². The van der Waals surface area contributed by atoms with Gasteiger partial charge in [-0.1, -0.05) is 19.9 Å². The molecule has 0 saturated heterocycles. The molecule has 4 nitrogen and oxygen atoms in total. The first-order valence-electron chi connectivity index (χ1n) is 4.85. The summed E-state index contributed by atoms with van der Waals surface area (Å²) in [5.41, 5.74) is 3.32. The van der Waals surface area contributed by atoms with E-state index in [0.29, 0.717) is 5.56 Å². The summed E-state index contributed by atoms with van der Waals surface area (Å²) in [6, 6.07) is 5.15. The molecule has 0 aliphatic carbocycles. The van der Waals surface area contributed by atoms with Crippen LogP contribution in [0.1, 0.15) is 29.8 Å². The number of hydrogen-bond acceptors (Lipinski definition) is 2. The highest BCUT2D eigenvalue weighted by atomic mass is 16.6. The predicted molar refractivity (Wildman–Crippen MR) is 58.1 cm³/mol. The lowest BCUT2D eigenvalue weighted by atomic mass is 10.1. The second kappa shape index (κ2) is 6.98. The number of aryl methyl sites for hydroxylation is 1. The van der Waals surface area contributed by atoms with Gasteiger partial charge in [-0.15, -0.1) is 0 Å². The van der Waals surface area contributed by atoms with Crippen LogP contribution in [-0.4, -0.2) is 18.2 Å². The molecule has 4 heteroatoms. The molecule has 84 valence electrons. The molecule has 0 amide bonds. The Morgan fingerprint density at radius 2 is 2.00 bits per heavy atom. The van der Waals surface area contributed by atoms with E-state index in [-0.39, 0.29) is 0 Å². The Morgan fingerprint density at radius 3 is 2.47 bits per heavy atom. The topological polar surface area (TPSA) is 63.1 Å². The minimum absolute atomic E-state index is 0.311. The average molecular weight is 212 g/mol. The maximum absolute atomic E-state index is 10.7. The lowest BCUT2D eigenvalue weighted by Crippen LogP contribution is -2.75. The van der Waals surface area contributed by atoms with Gasteiger partial charge in [0.2, 0.25) is 0 Å².